The summed E-state index contributed by atoms with van der Waals surface area (Å²) < 4.78 is 0. The van der Waals surface area contributed by atoms with Gasteiger partial charge >= 0.3 is 0 Å². The number of aryl methyl sites for hydroxylation is 1. The Hall–Kier alpha value is -1.16. The van der Waals surface area contributed by atoms with Crippen LogP contribution in [0.25, 0.3) is 0 Å². The highest BCUT2D eigenvalue weighted by molar-refractivity contribution is 8.01. The average Bonchev–Trinajstić information content (AvgIpc) is 2.86. The van der Waals surface area contributed by atoms with Crippen LogP contribution in [0, 0.1) is 6.92 Å². The molecule has 0 aromatic heterocycles. The lowest BCUT2D eigenvalue weighted by molar-refractivity contribution is -0.115. The number of carbonyl (C=O) groups excluding carboxylic acids is 1. The van der Waals surface area contributed by atoms with Crippen LogP contribution in [0.5, 0.6) is 0 Å². The number of hydrogen-bond donors (Lipinski definition) is 2. The topological polar surface area (TPSA) is 55.1 Å². The van der Waals surface area contributed by atoms with Crippen molar-refractivity contribution < 1.29 is 4.79 Å². The minimum absolute atomic E-state index is 0.0102. The molecule has 0 aliphatic heterocycles. The zero-order valence-corrected chi connectivity index (χ0v) is 12.4. The molecule has 0 radical (unpaired) electrons. The Morgan fingerprint density at radius 3 is 2.79 bits per heavy atom. The second-order valence-electron chi connectivity index (χ2n) is 5.25. The van der Waals surface area contributed by atoms with E-state index in [0.29, 0.717) is 10.9 Å². The van der Waals surface area contributed by atoms with Gasteiger partial charge in [-0.25, -0.2) is 0 Å². The predicted octanol–water partition coefficient (Wildman–Crippen LogP) is 3.58. The lowest BCUT2D eigenvalue weighted by Crippen LogP contribution is -2.24. The molecule has 0 saturated heterocycles. The van der Waals surface area contributed by atoms with Crippen molar-refractivity contribution in [1.29, 1.82) is 0 Å². The van der Waals surface area contributed by atoms with Crippen LogP contribution in [0.4, 0.5) is 11.4 Å². The summed E-state index contributed by atoms with van der Waals surface area (Å²) in [5.41, 5.74) is 8.30. The van der Waals surface area contributed by atoms with E-state index in [0.717, 1.165) is 11.3 Å². The summed E-state index contributed by atoms with van der Waals surface area (Å²) >= 11 is 1.80. The summed E-state index contributed by atoms with van der Waals surface area (Å²) in [6.07, 6.45) is 5.11. The molecule has 1 saturated carbocycles. The summed E-state index contributed by atoms with van der Waals surface area (Å²) in [6, 6.07) is 5.60. The van der Waals surface area contributed by atoms with Crippen LogP contribution in [0.3, 0.4) is 0 Å². The third-order valence-corrected chi connectivity index (χ3v) is 5.07. The molecule has 4 heteroatoms. The second-order valence-corrected chi connectivity index (χ2v) is 6.89. The number of benzene rings is 1. The number of nitrogens with one attached hydrogen (secondary N) is 1. The largest absolute Gasteiger partial charge is 0.399 e. The van der Waals surface area contributed by atoms with Crippen molar-refractivity contribution in [3.05, 3.63) is 23.8 Å². The molecule has 104 valence electrons. The molecule has 3 N–H and O–H groups in total. The molecule has 3 nitrogen and oxygen atoms in total. The van der Waals surface area contributed by atoms with Crippen molar-refractivity contribution >= 4 is 29.0 Å². The van der Waals surface area contributed by atoms with Crippen molar-refractivity contribution in [3.63, 3.8) is 0 Å². The number of nitrogens with two attached hydrogens (primary N) is 1. The quantitative estimate of drug-likeness (QED) is 0.828. The summed E-state index contributed by atoms with van der Waals surface area (Å²) in [4.78, 5) is 12.2. The lowest BCUT2D eigenvalue weighted by atomic mass is 10.2. The van der Waals surface area contributed by atoms with Gasteiger partial charge < -0.3 is 11.1 Å². The molecule has 1 aromatic carbocycles. The molecule has 0 spiro atoms. The first-order chi connectivity index (χ1) is 9.06. The molecule has 1 atom stereocenters. The maximum atomic E-state index is 12.2. The predicted molar refractivity (Wildman–Crippen MR) is 83.5 cm³/mol. The Labute approximate surface area is 119 Å². The first kappa shape index (κ1) is 14.3. The van der Waals surface area contributed by atoms with Crippen LogP contribution in [0.2, 0.25) is 0 Å². The van der Waals surface area contributed by atoms with Gasteiger partial charge in [-0.1, -0.05) is 18.9 Å². The van der Waals surface area contributed by atoms with E-state index in [2.05, 4.69) is 5.32 Å². The normalized spacial score (nSPS) is 17.4. The molecule has 1 unspecified atom stereocenters. The molecule has 1 aliphatic rings. The molecule has 19 heavy (non-hydrogen) atoms. The number of rotatable bonds is 4. The third-order valence-electron chi connectivity index (χ3n) is 3.59. The van der Waals surface area contributed by atoms with E-state index < -0.39 is 0 Å². The van der Waals surface area contributed by atoms with Crippen LogP contribution in [0.1, 0.15) is 38.2 Å². The average molecular weight is 278 g/mol. The smallest absolute Gasteiger partial charge is 0.237 e. The first-order valence-corrected chi connectivity index (χ1v) is 7.83. The van der Waals surface area contributed by atoms with Crippen LogP contribution in [-0.4, -0.2) is 16.4 Å². The Bertz CT molecular complexity index is 455. The van der Waals surface area contributed by atoms with Gasteiger partial charge in [0.2, 0.25) is 5.91 Å². The monoisotopic (exact) mass is 278 g/mol. The molecule has 0 heterocycles. The van der Waals surface area contributed by atoms with E-state index in [-0.39, 0.29) is 11.2 Å². The molecule has 1 fully saturated rings. The summed E-state index contributed by atoms with van der Waals surface area (Å²) in [7, 11) is 0. The Morgan fingerprint density at radius 1 is 1.42 bits per heavy atom. The van der Waals surface area contributed by atoms with Gasteiger partial charge in [-0.2, -0.15) is 0 Å². The summed E-state index contributed by atoms with van der Waals surface area (Å²) in [6.45, 7) is 3.96. The zero-order valence-electron chi connectivity index (χ0n) is 11.6. The van der Waals surface area contributed by atoms with Crippen LogP contribution < -0.4 is 11.1 Å². The maximum Gasteiger partial charge on any atom is 0.237 e. The third kappa shape index (κ3) is 3.90. The highest BCUT2D eigenvalue weighted by Crippen LogP contribution is 2.32. The number of anilines is 2. The Morgan fingerprint density at radius 2 is 2.11 bits per heavy atom. The number of nitrogen functional groups attached to an aromatic ring is 1. The van der Waals surface area contributed by atoms with E-state index in [1.54, 1.807) is 11.8 Å². The highest BCUT2D eigenvalue weighted by atomic mass is 32.2. The minimum Gasteiger partial charge on any atom is -0.399 e. The molecule has 2 rings (SSSR count). The number of hydrogen-bond acceptors (Lipinski definition) is 3. The van der Waals surface area contributed by atoms with E-state index in [1.165, 1.54) is 25.7 Å². The first-order valence-electron chi connectivity index (χ1n) is 6.88. The van der Waals surface area contributed by atoms with Crippen molar-refractivity contribution in [2.45, 2.75) is 50.0 Å². The molecule has 1 aromatic rings. The van der Waals surface area contributed by atoms with Crippen molar-refractivity contribution in [1.82, 2.24) is 0 Å². The fraction of sp³-hybridized carbons (Fsp3) is 0.533. The van der Waals surface area contributed by atoms with E-state index >= 15 is 0 Å². The van der Waals surface area contributed by atoms with Crippen molar-refractivity contribution in [2.24, 2.45) is 0 Å². The number of amides is 1. The molecular weight excluding hydrogens is 256 g/mol. The van der Waals surface area contributed by atoms with Gasteiger partial charge in [0.25, 0.3) is 0 Å². The molecule has 0 bridgehead atoms. The SMILES string of the molecule is Cc1ccc(N)cc1NC(=O)C(C)SC1CCCC1. The molecule has 1 aliphatic carbocycles. The summed E-state index contributed by atoms with van der Waals surface area (Å²) in [5, 5.41) is 3.63. The van der Waals surface area contributed by atoms with Gasteiger partial charge in [0, 0.05) is 16.6 Å². The van der Waals surface area contributed by atoms with Gasteiger partial charge in [-0.05, 0) is 44.4 Å². The number of carbonyl (C=O) groups is 1. The second kappa shape index (κ2) is 6.33. The van der Waals surface area contributed by atoms with Gasteiger partial charge in [0.15, 0.2) is 0 Å². The van der Waals surface area contributed by atoms with Gasteiger partial charge in [-0.3, -0.25) is 4.79 Å². The highest BCUT2D eigenvalue weighted by Gasteiger charge is 2.22. The Kier molecular flexibility index (Phi) is 4.75. The molecular formula is C15H22N2OS. The van der Waals surface area contributed by atoms with Crippen molar-refractivity contribution in [3.8, 4) is 0 Å². The maximum absolute atomic E-state index is 12.2. The zero-order chi connectivity index (χ0) is 13.8. The van der Waals surface area contributed by atoms with Crippen LogP contribution in [-0.2, 0) is 4.79 Å². The van der Waals surface area contributed by atoms with Crippen LogP contribution in [0.15, 0.2) is 18.2 Å². The fourth-order valence-electron chi connectivity index (χ4n) is 2.38. The summed E-state index contributed by atoms with van der Waals surface area (Å²) in [5.74, 6) is 0.0746. The molecule has 1 amide bonds. The van der Waals surface area contributed by atoms with Crippen molar-refractivity contribution in [2.75, 3.05) is 11.1 Å². The standard InChI is InChI=1S/C15H22N2OS/c1-10-7-8-12(16)9-14(10)17-15(18)11(2)19-13-5-3-4-6-13/h7-9,11,13H,3-6,16H2,1-2H3,(H,17,18). The van der Waals surface area contributed by atoms with Gasteiger partial charge in [0.1, 0.15) is 0 Å². The fourth-order valence-corrected chi connectivity index (χ4v) is 3.75. The minimum atomic E-state index is -0.0102. The number of thioether (sulfide) groups is 1. The van der Waals surface area contributed by atoms with E-state index in [4.69, 9.17) is 5.73 Å². The van der Waals surface area contributed by atoms with Crippen LogP contribution >= 0.6 is 11.8 Å². The van der Waals surface area contributed by atoms with E-state index in [1.807, 2.05) is 32.0 Å². The van der Waals surface area contributed by atoms with Gasteiger partial charge in [-0.15, -0.1) is 11.8 Å². The van der Waals surface area contributed by atoms with Gasteiger partial charge in [0.05, 0.1) is 5.25 Å². The van der Waals surface area contributed by atoms with E-state index in [9.17, 15) is 4.79 Å². The Balaban J connectivity index is 1.93. The lowest BCUT2D eigenvalue weighted by Gasteiger charge is -2.17.